The fourth-order valence-corrected chi connectivity index (χ4v) is 1.20. The van der Waals surface area contributed by atoms with E-state index in [-0.39, 0.29) is 5.69 Å². The zero-order valence-electron chi connectivity index (χ0n) is 8.16. The van der Waals surface area contributed by atoms with Crippen molar-refractivity contribution in [3.63, 3.8) is 0 Å². The lowest BCUT2D eigenvalue weighted by atomic mass is 10.3. The predicted molar refractivity (Wildman–Crippen MR) is 56.5 cm³/mol. The Balaban J connectivity index is 2.31. The lowest BCUT2D eigenvalue weighted by Crippen LogP contribution is -2.05. The van der Waals surface area contributed by atoms with Crippen molar-refractivity contribution in [1.29, 1.82) is 0 Å². The van der Waals surface area contributed by atoms with Gasteiger partial charge in [0.1, 0.15) is 6.33 Å². The molecule has 2 rings (SSSR count). The van der Waals surface area contributed by atoms with Crippen LogP contribution in [-0.4, -0.2) is 26.0 Å². The minimum atomic E-state index is -1.08. The van der Waals surface area contributed by atoms with Crippen LogP contribution in [-0.2, 0) is 0 Å². The number of nitrogens with one attached hydrogen (secondary N) is 1. The van der Waals surface area contributed by atoms with Gasteiger partial charge in [-0.1, -0.05) is 0 Å². The van der Waals surface area contributed by atoms with Crippen LogP contribution in [0.15, 0.2) is 37.1 Å². The van der Waals surface area contributed by atoms with Gasteiger partial charge in [-0.2, -0.15) is 0 Å². The second kappa shape index (κ2) is 4.35. The van der Waals surface area contributed by atoms with Crippen molar-refractivity contribution in [2.45, 2.75) is 0 Å². The molecule has 0 atom stereocenters. The Hall–Kier alpha value is -2.50. The number of hydrogen-bond acceptors (Lipinski definition) is 5. The van der Waals surface area contributed by atoms with E-state index in [2.05, 4.69) is 20.3 Å². The summed E-state index contributed by atoms with van der Waals surface area (Å²) >= 11 is 0. The molecule has 6 heteroatoms. The zero-order valence-corrected chi connectivity index (χ0v) is 8.16. The van der Waals surface area contributed by atoms with Gasteiger partial charge in [-0.3, -0.25) is 0 Å². The van der Waals surface area contributed by atoms with Crippen molar-refractivity contribution in [3.05, 3.63) is 42.7 Å². The van der Waals surface area contributed by atoms with Gasteiger partial charge in [-0.05, 0) is 12.1 Å². The Morgan fingerprint density at radius 1 is 1.31 bits per heavy atom. The zero-order chi connectivity index (χ0) is 11.4. The van der Waals surface area contributed by atoms with Gasteiger partial charge in [-0.15, -0.1) is 0 Å². The molecule has 0 aliphatic carbocycles. The largest absolute Gasteiger partial charge is 0.476 e. The first-order chi connectivity index (χ1) is 7.77. The van der Waals surface area contributed by atoms with Crippen molar-refractivity contribution < 1.29 is 9.90 Å². The van der Waals surface area contributed by atoms with E-state index in [1.807, 2.05) is 0 Å². The average molecular weight is 216 g/mol. The number of anilines is 2. The molecule has 0 saturated carbocycles. The number of carboxylic acids is 1. The van der Waals surface area contributed by atoms with Crippen LogP contribution >= 0.6 is 0 Å². The summed E-state index contributed by atoms with van der Waals surface area (Å²) in [5, 5.41) is 11.8. The van der Waals surface area contributed by atoms with Gasteiger partial charge in [0.25, 0.3) is 0 Å². The highest BCUT2D eigenvalue weighted by Gasteiger charge is 2.10. The van der Waals surface area contributed by atoms with Crippen LogP contribution in [0, 0.1) is 0 Å². The molecule has 0 amide bonds. The molecule has 0 bridgehead atoms. The van der Waals surface area contributed by atoms with Crippen LogP contribution in [0.2, 0.25) is 0 Å². The second-order valence-electron chi connectivity index (χ2n) is 2.96. The van der Waals surface area contributed by atoms with E-state index in [1.54, 1.807) is 24.5 Å². The van der Waals surface area contributed by atoms with Crippen LogP contribution < -0.4 is 5.32 Å². The fourth-order valence-electron chi connectivity index (χ4n) is 1.20. The van der Waals surface area contributed by atoms with Crippen LogP contribution in [0.5, 0.6) is 0 Å². The molecule has 0 radical (unpaired) electrons. The number of carbonyl (C=O) groups is 1. The smallest absolute Gasteiger partial charge is 0.356 e. The van der Waals surface area contributed by atoms with Crippen molar-refractivity contribution in [1.82, 2.24) is 15.0 Å². The number of nitrogens with zero attached hydrogens (tertiary/aromatic N) is 3. The Labute approximate surface area is 91.0 Å². The Morgan fingerprint density at radius 2 is 2.06 bits per heavy atom. The first-order valence-electron chi connectivity index (χ1n) is 4.48. The number of hydrogen-bond donors (Lipinski definition) is 2. The molecule has 0 saturated heterocycles. The molecule has 2 N–H and O–H groups in total. The third-order valence-corrected chi connectivity index (χ3v) is 1.85. The quantitative estimate of drug-likeness (QED) is 0.804. The van der Waals surface area contributed by atoms with Crippen LogP contribution in [0.1, 0.15) is 10.5 Å². The van der Waals surface area contributed by atoms with Gasteiger partial charge in [0, 0.05) is 6.20 Å². The van der Waals surface area contributed by atoms with Crippen LogP contribution in [0.3, 0.4) is 0 Å². The van der Waals surface area contributed by atoms with E-state index >= 15 is 0 Å². The molecule has 0 spiro atoms. The highest BCUT2D eigenvalue weighted by atomic mass is 16.4. The van der Waals surface area contributed by atoms with Gasteiger partial charge in [-0.25, -0.2) is 19.7 Å². The standard InChI is InChI=1S/C10H8N4O2/c15-10(16)9-8(2-1-3-13-9)14-7-4-11-6-12-5-7/h1-6,14H,(H,15,16). The molecule has 0 aromatic carbocycles. The highest BCUT2D eigenvalue weighted by Crippen LogP contribution is 2.17. The van der Waals surface area contributed by atoms with E-state index in [4.69, 9.17) is 5.11 Å². The first kappa shape index (κ1) is 10.0. The maximum atomic E-state index is 10.9. The minimum Gasteiger partial charge on any atom is -0.476 e. The molecular formula is C10H8N4O2. The van der Waals surface area contributed by atoms with Crippen molar-refractivity contribution >= 4 is 17.3 Å². The summed E-state index contributed by atoms with van der Waals surface area (Å²) in [6, 6.07) is 3.28. The number of carboxylic acid groups (broad SMARTS) is 1. The lowest BCUT2D eigenvalue weighted by Gasteiger charge is -2.06. The van der Waals surface area contributed by atoms with E-state index in [1.165, 1.54) is 12.5 Å². The predicted octanol–water partition coefficient (Wildman–Crippen LogP) is 1.31. The molecule has 0 aliphatic heterocycles. The van der Waals surface area contributed by atoms with Crippen molar-refractivity contribution in [2.75, 3.05) is 5.32 Å². The summed E-state index contributed by atoms with van der Waals surface area (Å²) in [5.41, 5.74) is 0.981. The van der Waals surface area contributed by atoms with Crippen LogP contribution in [0.25, 0.3) is 0 Å². The monoisotopic (exact) mass is 216 g/mol. The van der Waals surface area contributed by atoms with Gasteiger partial charge < -0.3 is 10.4 Å². The maximum Gasteiger partial charge on any atom is 0.356 e. The lowest BCUT2D eigenvalue weighted by molar-refractivity contribution is 0.0691. The first-order valence-corrected chi connectivity index (χ1v) is 4.48. The molecule has 6 nitrogen and oxygen atoms in total. The molecule has 0 unspecified atom stereocenters. The van der Waals surface area contributed by atoms with E-state index in [0.717, 1.165) is 0 Å². The topological polar surface area (TPSA) is 88.0 Å². The Bertz CT molecular complexity index is 501. The van der Waals surface area contributed by atoms with Gasteiger partial charge >= 0.3 is 5.97 Å². The molecule has 2 heterocycles. The minimum absolute atomic E-state index is 0.0358. The Kier molecular flexibility index (Phi) is 2.73. The van der Waals surface area contributed by atoms with Crippen molar-refractivity contribution in [3.8, 4) is 0 Å². The highest BCUT2D eigenvalue weighted by molar-refractivity contribution is 5.92. The molecule has 16 heavy (non-hydrogen) atoms. The molecule has 0 fully saturated rings. The summed E-state index contributed by atoms with van der Waals surface area (Å²) in [5.74, 6) is -1.08. The molecule has 0 aliphatic rings. The number of rotatable bonds is 3. The SMILES string of the molecule is O=C(O)c1ncccc1Nc1cncnc1. The molecule has 2 aromatic rings. The summed E-state index contributed by atoms with van der Waals surface area (Å²) < 4.78 is 0. The molecule has 2 aromatic heterocycles. The van der Waals surface area contributed by atoms with Gasteiger partial charge in [0.2, 0.25) is 0 Å². The third-order valence-electron chi connectivity index (χ3n) is 1.85. The number of aromatic carboxylic acids is 1. The molecule has 80 valence electrons. The number of aromatic nitrogens is 3. The number of pyridine rings is 1. The summed E-state index contributed by atoms with van der Waals surface area (Å²) in [7, 11) is 0. The summed E-state index contributed by atoms with van der Waals surface area (Å²) in [4.78, 5) is 22.3. The maximum absolute atomic E-state index is 10.9. The normalized spacial score (nSPS) is 9.75. The van der Waals surface area contributed by atoms with Crippen LogP contribution in [0.4, 0.5) is 11.4 Å². The summed E-state index contributed by atoms with van der Waals surface area (Å²) in [6.45, 7) is 0. The summed E-state index contributed by atoms with van der Waals surface area (Å²) in [6.07, 6.45) is 5.92. The van der Waals surface area contributed by atoms with Crippen molar-refractivity contribution in [2.24, 2.45) is 0 Å². The van der Waals surface area contributed by atoms with Gasteiger partial charge in [0.05, 0.1) is 23.8 Å². The second-order valence-corrected chi connectivity index (χ2v) is 2.96. The fraction of sp³-hybridized carbons (Fsp3) is 0. The van der Waals surface area contributed by atoms with Gasteiger partial charge in [0.15, 0.2) is 5.69 Å². The van der Waals surface area contributed by atoms with E-state index in [9.17, 15) is 4.79 Å². The average Bonchev–Trinajstić information content (AvgIpc) is 2.31. The third kappa shape index (κ3) is 2.11. The van der Waals surface area contributed by atoms with E-state index < -0.39 is 5.97 Å². The van der Waals surface area contributed by atoms with E-state index in [0.29, 0.717) is 11.4 Å². The Morgan fingerprint density at radius 3 is 2.75 bits per heavy atom. The molecular weight excluding hydrogens is 208 g/mol.